The standard InChI is InChI=1S/C13H20N4O/c1-16(9-10-18-2)13-11(6-7-14)17-8-4-3-5-12(17)15-13/h3-5,8H,6-7,9-10,14H2,1-2H3. The second-order valence-electron chi connectivity index (χ2n) is 4.26. The molecule has 2 heterocycles. The molecular weight excluding hydrogens is 228 g/mol. The molecule has 0 saturated carbocycles. The molecular formula is C13H20N4O. The Labute approximate surface area is 107 Å². The number of nitrogens with zero attached hydrogens (tertiary/aromatic N) is 3. The van der Waals surface area contributed by atoms with Crippen molar-refractivity contribution in [1.82, 2.24) is 9.38 Å². The molecule has 2 aromatic heterocycles. The van der Waals surface area contributed by atoms with Crippen LogP contribution in [0, 0.1) is 0 Å². The van der Waals surface area contributed by atoms with E-state index in [0.717, 1.165) is 30.1 Å². The fraction of sp³-hybridized carbons (Fsp3) is 0.462. The Kier molecular flexibility index (Phi) is 4.17. The van der Waals surface area contributed by atoms with Gasteiger partial charge in [0.2, 0.25) is 0 Å². The summed E-state index contributed by atoms with van der Waals surface area (Å²) in [6, 6.07) is 6.01. The number of methoxy groups -OCH3 is 1. The van der Waals surface area contributed by atoms with Crippen molar-refractivity contribution in [3.63, 3.8) is 0 Å². The van der Waals surface area contributed by atoms with Crippen molar-refractivity contribution < 1.29 is 4.74 Å². The number of hydrogen-bond acceptors (Lipinski definition) is 4. The van der Waals surface area contributed by atoms with Gasteiger partial charge in [-0.1, -0.05) is 6.07 Å². The molecule has 0 bridgehead atoms. The summed E-state index contributed by atoms with van der Waals surface area (Å²) >= 11 is 0. The van der Waals surface area contributed by atoms with Crippen LogP contribution in [0.15, 0.2) is 24.4 Å². The van der Waals surface area contributed by atoms with Crippen LogP contribution in [0.1, 0.15) is 5.69 Å². The van der Waals surface area contributed by atoms with E-state index in [1.807, 2.05) is 31.4 Å². The van der Waals surface area contributed by atoms with Gasteiger partial charge in [0.25, 0.3) is 0 Å². The van der Waals surface area contributed by atoms with Crippen LogP contribution in [-0.4, -0.2) is 43.2 Å². The van der Waals surface area contributed by atoms with Gasteiger partial charge in [0, 0.05) is 33.3 Å². The monoisotopic (exact) mass is 248 g/mol. The SMILES string of the molecule is COCCN(C)c1nc2ccccn2c1CCN. The number of rotatable bonds is 6. The number of hydrogen-bond donors (Lipinski definition) is 1. The predicted octanol–water partition coefficient (Wildman–Crippen LogP) is 0.918. The maximum Gasteiger partial charge on any atom is 0.151 e. The van der Waals surface area contributed by atoms with Gasteiger partial charge in [-0.2, -0.15) is 0 Å². The van der Waals surface area contributed by atoms with Crippen molar-refractivity contribution in [2.75, 3.05) is 38.8 Å². The Balaban J connectivity index is 2.38. The van der Waals surface area contributed by atoms with Crippen LogP contribution in [0.25, 0.3) is 5.65 Å². The minimum absolute atomic E-state index is 0.619. The van der Waals surface area contributed by atoms with Crippen LogP contribution in [0.4, 0.5) is 5.82 Å². The lowest BCUT2D eigenvalue weighted by Crippen LogP contribution is -2.24. The third-order valence-corrected chi connectivity index (χ3v) is 2.98. The van der Waals surface area contributed by atoms with E-state index in [9.17, 15) is 0 Å². The van der Waals surface area contributed by atoms with Crippen molar-refractivity contribution >= 4 is 11.5 Å². The highest BCUT2D eigenvalue weighted by Gasteiger charge is 2.14. The van der Waals surface area contributed by atoms with Crippen molar-refractivity contribution in [1.29, 1.82) is 0 Å². The highest BCUT2D eigenvalue weighted by Crippen LogP contribution is 2.20. The summed E-state index contributed by atoms with van der Waals surface area (Å²) in [5.41, 5.74) is 7.81. The molecule has 0 unspecified atom stereocenters. The minimum Gasteiger partial charge on any atom is -0.383 e. The molecule has 0 radical (unpaired) electrons. The smallest absolute Gasteiger partial charge is 0.151 e. The van der Waals surface area contributed by atoms with E-state index in [1.165, 1.54) is 0 Å². The highest BCUT2D eigenvalue weighted by molar-refractivity contribution is 5.55. The number of aromatic nitrogens is 2. The van der Waals surface area contributed by atoms with Crippen LogP contribution in [-0.2, 0) is 11.2 Å². The predicted molar refractivity (Wildman–Crippen MR) is 73.1 cm³/mol. The molecule has 0 fully saturated rings. The summed E-state index contributed by atoms with van der Waals surface area (Å²) in [5, 5.41) is 0. The van der Waals surface area contributed by atoms with Crippen molar-refractivity contribution in [3.8, 4) is 0 Å². The Morgan fingerprint density at radius 1 is 1.44 bits per heavy atom. The second kappa shape index (κ2) is 5.84. The molecule has 2 aromatic rings. The maximum absolute atomic E-state index is 5.70. The van der Waals surface area contributed by atoms with E-state index < -0.39 is 0 Å². The largest absolute Gasteiger partial charge is 0.383 e. The van der Waals surface area contributed by atoms with Gasteiger partial charge in [0.05, 0.1) is 12.3 Å². The lowest BCUT2D eigenvalue weighted by molar-refractivity contribution is 0.206. The molecule has 0 aliphatic carbocycles. The zero-order valence-electron chi connectivity index (χ0n) is 11.0. The highest BCUT2D eigenvalue weighted by atomic mass is 16.5. The number of anilines is 1. The summed E-state index contributed by atoms with van der Waals surface area (Å²) in [7, 11) is 3.74. The van der Waals surface area contributed by atoms with E-state index >= 15 is 0 Å². The quantitative estimate of drug-likeness (QED) is 0.826. The van der Waals surface area contributed by atoms with Crippen LogP contribution in [0.5, 0.6) is 0 Å². The zero-order chi connectivity index (χ0) is 13.0. The second-order valence-corrected chi connectivity index (χ2v) is 4.26. The summed E-state index contributed by atoms with van der Waals surface area (Å²) in [5.74, 6) is 0.990. The van der Waals surface area contributed by atoms with Gasteiger partial charge in [-0.3, -0.25) is 0 Å². The average Bonchev–Trinajstić information content (AvgIpc) is 2.76. The molecule has 0 aromatic carbocycles. The number of pyridine rings is 1. The number of fused-ring (bicyclic) bond motifs is 1. The van der Waals surface area contributed by atoms with Gasteiger partial charge in [-0.05, 0) is 18.7 Å². The molecule has 0 atom stereocenters. The number of likely N-dealkylation sites (N-methyl/N-ethyl adjacent to an activating group) is 1. The van der Waals surface area contributed by atoms with Crippen molar-refractivity contribution in [2.45, 2.75) is 6.42 Å². The normalized spacial score (nSPS) is 11.1. The van der Waals surface area contributed by atoms with Gasteiger partial charge in [-0.25, -0.2) is 4.98 Å². The summed E-state index contributed by atoms with van der Waals surface area (Å²) in [4.78, 5) is 6.77. The first-order valence-electron chi connectivity index (χ1n) is 6.14. The average molecular weight is 248 g/mol. The van der Waals surface area contributed by atoms with Crippen LogP contribution >= 0.6 is 0 Å². The molecule has 0 amide bonds. The lowest BCUT2D eigenvalue weighted by atomic mass is 10.3. The molecule has 98 valence electrons. The van der Waals surface area contributed by atoms with E-state index in [-0.39, 0.29) is 0 Å². The topological polar surface area (TPSA) is 55.8 Å². The van der Waals surface area contributed by atoms with Crippen LogP contribution in [0.3, 0.4) is 0 Å². The summed E-state index contributed by atoms with van der Waals surface area (Å²) in [6.45, 7) is 2.12. The van der Waals surface area contributed by atoms with Crippen LogP contribution in [0.2, 0.25) is 0 Å². The molecule has 2 rings (SSSR count). The van der Waals surface area contributed by atoms with Crippen molar-refractivity contribution in [2.24, 2.45) is 5.73 Å². The number of nitrogens with two attached hydrogens (primary N) is 1. The molecule has 0 aliphatic rings. The van der Waals surface area contributed by atoms with Gasteiger partial charge < -0.3 is 19.8 Å². The van der Waals surface area contributed by atoms with E-state index in [0.29, 0.717) is 13.2 Å². The lowest BCUT2D eigenvalue weighted by Gasteiger charge is -2.17. The third kappa shape index (κ3) is 2.47. The van der Waals surface area contributed by atoms with E-state index in [2.05, 4.69) is 14.3 Å². The Hall–Kier alpha value is -1.59. The van der Waals surface area contributed by atoms with Gasteiger partial charge >= 0.3 is 0 Å². The Bertz CT molecular complexity index is 509. The Morgan fingerprint density at radius 3 is 3.00 bits per heavy atom. The van der Waals surface area contributed by atoms with E-state index in [4.69, 9.17) is 10.5 Å². The van der Waals surface area contributed by atoms with Crippen molar-refractivity contribution in [3.05, 3.63) is 30.1 Å². The fourth-order valence-corrected chi connectivity index (χ4v) is 2.04. The van der Waals surface area contributed by atoms with E-state index in [1.54, 1.807) is 7.11 Å². The summed E-state index contributed by atoms with van der Waals surface area (Å²) in [6.07, 6.45) is 2.85. The molecule has 0 spiro atoms. The molecule has 5 heteroatoms. The molecule has 5 nitrogen and oxygen atoms in total. The molecule has 0 aliphatic heterocycles. The van der Waals surface area contributed by atoms with Crippen LogP contribution < -0.4 is 10.6 Å². The molecule has 2 N–H and O–H groups in total. The first-order chi connectivity index (χ1) is 8.77. The molecule has 18 heavy (non-hydrogen) atoms. The zero-order valence-corrected chi connectivity index (χ0v) is 11.0. The first-order valence-corrected chi connectivity index (χ1v) is 6.14. The Morgan fingerprint density at radius 2 is 2.28 bits per heavy atom. The van der Waals surface area contributed by atoms with Gasteiger partial charge in [-0.15, -0.1) is 0 Å². The third-order valence-electron chi connectivity index (χ3n) is 2.98. The van der Waals surface area contributed by atoms with Gasteiger partial charge in [0.1, 0.15) is 5.65 Å². The first kappa shape index (κ1) is 12.9. The number of imidazole rings is 1. The maximum atomic E-state index is 5.70. The summed E-state index contributed by atoms with van der Waals surface area (Å²) < 4.78 is 7.21. The fourth-order valence-electron chi connectivity index (χ4n) is 2.04. The number of ether oxygens (including phenoxy) is 1. The van der Waals surface area contributed by atoms with Gasteiger partial charge in [0.15, 0.2) is 5.82 Å². The molecule has 0 saturated heterocycles. The minimum atomic E-state index is 0.619.